The molecule has 1 atom stereocenters. The number of ether oxygens (including phenoxy) is 1. The van der Waals surface area contributed by atoms with E-state index in [0.29, 0.717) is 12.5 Å². The summed E-state index contributed by atoms with van der Waals surface area (Å²) in [5.41, 5.74) is 5.99. The van der Waals surface area contributed by atoms with Crippen molar-refractivity contribution in [3.8, 4) is 0 Å². The van der Waals surface area contributed by atoms with Crippen molar-refractivity contribution in [2.24, 2.45) is 16.6 Å². The van der Waals surface area contributed by atoms with Gasteiger partial charge in [-0.25, -0.2) is 4.98 Å². The number of halogens is 1. The Morgan fingerprint density at radius 3 is 2.73 bits per heavy atom. The Kier molecular flexibility index (Phi) is 7.87. The zero-order valence-electron chi connectivity index (χ0n) is 12.8. The summed E-state index contributed by atoms with van der Waals surface area (Å²) in [5, 5.41) is 3.02. The number of guanidine groups is 1. The molecule has 0 radical (unpaired) electrons. The third-order valence-electron chi connectivity index (χ3n) is 3.42. The molecule has 7 nitrogen and oxygen atoms in total. The van der Waals surface area contributed by atoms with E-state index in [2.05, 4.69) is 19.6 Å². The van der Waals surface area contributed by atoms with E-state index in [1.807, 2.05) is 16.5 Å². The molecule has 0 bridgehead atoms. The normalized spacial score (nSPS) is 16.9. The van der Waals surface area contributed by atoms with E-state index in [1.54, 1.807) is 18.3 Å². The smallest absolute Gasteiger partial charge is 0.310 e. The first-order chi connectivity index (χ1) is 10.1. The molecule has 9 heteroatoms. The molecular formula is C13H22IN5O2S. The fourth-order valence-electron chi connectivity index (χ4n) is 2.11. The highest BCUT2D eigenvalue weighted by atomic mass is 127. The molecule has 1 unspecified atom stereocenters. The molecule has 1 aliphatic heterocycles. The first-order valence-electron chi connectivity index (χ1n) is 6.89. The third-order valence-corrected chi connectivity index (χ3v) is 4.26. The Morgan fingerprint density at radius 2 is 2.18 bits per heavy atom. The number of aromatic nitrogens is 1. The monoisotopic (exact) mass is 439 g/mol. The van der Waals surface area contributed by atoms with Gasteiger partial charge in [0.05, 0.1) is 19.6 Å². The number of hydrogen-bond donors (Lipinski definition) is 1. The number of piperazine rings is 1. The van der Waals surface area contributed by atoms with Crippen LogP contribution < -0.4 is 10.6 Å². The molecule has 1 aromatic heterocycles. The number of carbonyl (C=O) groups excluding carboxylic acids is 1. The van der Waals surface area contributed by atoms with Crippen molar-refractivity contribution in [3.63, 3.8) is 0 Å². The summed E-state index contributed by atoms with van der Waals surface area (Å²) in [4.78, 5) is 24.2. The van der Waals surface area contributed by atoms with E-state index in [1.165, 1.54) is 7.11 Å². The van der Waals surface area contributed by atoms with Crippen LogP contribution in [0.3, 0.4) is 0 Å². The summed E-state index contributed by atoms with van der Waals surface area (Å²) in [5.74, 6) is -0.0464. The van der Waals surface area contributed by atoms with Crippen LogP contribution in [0.4, 0.5) is 5.13 Å². The van der Waals surface area contributed by atoms with Crippen molar-refractivity contribution in [2.45, 2.75) is 6.92 Å². The number of thiazole rings is 1. The highest BCUT2D eigenvalue weighted by Crippen LogP contribution is 2.18. The lowest BCUT2D eigenvalue weighted by molar-refractivity contribution is -0.144. The van der Waals surface area contributed by atoms with E-state index >= 15 is 0 Å². The van der Waals surface area contributed by atoms with Gasteiger partial charge in [-0.05, 0) is 0 Å². The number of anilines is 1. The Hall–Kier alpha value is -1.10. The summed E-state index contributed by atoms with van der Waals surface area (Å²) >= 11 is 1.64. The van der Waals surface area contributed by atoms with E-state index in [0.717, 1.165) is 31.3 Å². The number of rotatable bonds is 4. The van der Waals surface area contributed by atoms with Gasteiger partial charge in [-0.2, -0.15) is 0 Å². The summed E-state index contributed by atoms with van der Waals surface area (Å²) in [7, 11) is 1.38. The first-order valence-corrected chi connectivity index (χ1v) is 7.77. The molecule has 1 saturated heterocycles. The van der Waals surface area contributed by atoms with Crippen LogP contribution in [0.1, 0.15) is 6.92 Å². The SMILES string of the molecule is COC(=O)C(C)CN=C(N)N1CCN(c2nccs2)CC1.I. The van der Waals surface area contributed by atoms with Crippen LogP contribution in [0, 0.1) is 5.92 Å². The van der Waals surface area contributed by atoms with Crippen molar-refractivity contribution in [2.75, 3.05) is 44.7 Å². The lowest BCUT2D eigenvalue weighted by Crippen LogP contribution is -2.51. The molecule has 1 fully saturated rings. The maximum atomic E-state index is 11.3. The van der Waals surface area contributed by atoms with Crippen LogP contribution in [-0.4, -0.2) is 61.6 Å². The molecule has 2 rings (SSSR count). The topological polar surface area (TPSA) is 84.0 Å². The van der Waals surface area contributed by atoms with Crippen molar-refractivity contribution >= 4 is 52.4 Å². The third kappa shape index (κ3) is 4.97. The Bertz CT molecular complexity index is 489. The molecule has 0 saturated carbocycles. The van der Waals surface area contributed by atoms with Gasteiger partial charge in [-0.3, -0.25) is 9.79 Å². The molecule has 2 heterocycles. The van der Waals surface area contributed by atoms with Crippen LogP contribution in [0.5, 0.6) is 0 Å². The van der Waals surface area contributed by atoms with E-state index < -0.39 is 0 Å². The van der Waals surface area contributed by atoms with Crippen molar-refractivity contribution in [3.05, 3.63) is 11.6 Å². The van der Waals surface area contributed by atoms with Gasteiger partial charge in [0.25, 0.3) is 0 Å². The second kappa shape index (κ2) is 9.13. The number of hydrogen-bond acceptors (Lipinski definition) is 6. The highest BCUT2D eigenvalue weighted by molar-refractivity contribution is 14.0. The Morgan fingerprint density at radius 1 is 1.50 bits per heavy atom. The van der Waals surface area contributed by atoms with Gasteiger partial charge in [-0.15, -0.1) is 35.3 Å². The lowest BCUT2D eigenvalue weighted by Gasteiger charge is -2.35. The minimum absolute atomic E-state index is 0. The molecule has 0 aromatic carbocycles. The molecule has 22 heavy (non-hydrogen) atoms. The summed E-state index contributed by atoms with van der Waals surface area (Å²) < 4.78 is 4.67. The molecule has 1 aliphatic rings. The van der Waals surface area contributed by atoms with Gasteiger partial charge in [0.15, 0.2) is 11.1 Å². The fraction of sp³-hybridized carbons (Fsp3) is 0.615. The number of carbonyl (C=O) groups is 1. The fourth-order valence-corrected chi connectivity index (χ4v) is 2.80. The molecule has 2 N–H and O–H groups in total. The van der Waals surface area contributed by atoms with Crippen LogP contribution in [0.15, 0.2) is 16.6 Å². The Balaban J connectivity index is 0.00000242. The van der Waals surface area contributed by atoms with Gasteiger partial charge < -0.3 is 20.3 Å². The first kappa shape index (κ1) is 18.9. The number of nitrogens with zero attached hydrogens (tertiary/aromatic N) is 4. The largest absolute Gasteiger partial charge is 0.469 e. The minimum Gasteiger partial charge on any atom is -0.469 e. The zero-order chi connectivity index (χ0) is 15.2. The second-order valence-electron chi connectivity index (χ2n) is 4.91. The van der Waals surface area contributed by atoms with Crippen LogP contribution in [-0.2, 0) is 9.53 Å². The predicted molar refractivity (Wildman–Crippen MR) is 99.0 cm³/mol. The number of esters is 1. The molecule has 1 aromatic rings. The Labute approximate surface area is 151 Å². The van der Waals surface area contributed by atoms with Gasteiger partial charge in [0.2, 0.25) is 0 Å². The van der Waals surface area contributed by atoms with Crippen molar-refractivity contribution in [1.29, 1.82) is 0 Å². The van der Waals surface area contributed by atoms with Crippen LogP contribution in [0.25, 0.3) is 0 Å². The highest BCUT2D eigenvalue weighted by Gasteiger charge is 2.20. The summed E-state index contributed by atoms with van der Waals surface area (Å²) in [6, 6.07) is 0. The van der Waals surface area contributed by atoms with E-state index in [4.69, 9.17) is 5.73 Å². The van der Waals surface area contributed by atoms with Gasteiger partial charge in [0.1, 0.15) is 0 Å². The van der Waals surface area contributed by atoms with Crippen LogP contribution in [0.2, 0.25) is 0 Å². The second-order valence-corrected chi connectivity index (χ2v) is 5.78. The average molecular weight is 439 g/mol. The van der Waals surface area contributed by atoms with Gasteiger partial charge >= 0.3 is 5.97 Å². The standard InChI is InChI=1S/C13H21N5O2S.HI/c1-10(11(19)20-2)9-16-12(14)17-4-6-18(7-5-17)13-15-3-8-21-13;/h3,8,10H,4-7,9H2,1-2H3,(H2,14,16);1H. The quantitative estimate of drug-likeness (QED) is 0.326. The maximum absolute atomic E-state index is 11.3. The number of nitrogens with two attached hydrogens (primary N) is 1. The van der Waals surface area contributed by atoms with Crippen molar-refractivity contribution < 1.29 is 9.53 Å². The minimum atomic E-state index is -0.273. The molecule has 124 valence electrons. The summed E-state index contributed by atoms with van der Waals surface area (Å²) in [6.07, 6.45) is 1.82. The lowest BCUT2D eigenvalue weighted by atomic mass is 10.2. The summed E-state index contributed by atoms with van der Waals surface area (Å²) in [6.45, 7) is 5.49. The molecule has 0 aliphatic carbocycles. The number of methoxy groups -OCH3 is 1. The maximum Gasteiger partial charge on any atom is 0.310 e. The van der Waals surface area contributed by atoms with Gasteiger partial charge in [-0.1, -0.05) is 6.92 Å². The van der Waals surface area contributed by atoms with E-state index in [9.17, 15) is 4.79 Å². The zero-order valence-corrected chi connectivity index (χ0v) is 15.9. The van der Waals surface area contributed by atoms with Gasteiger partial charge in [0, 0.05) is 37.8 Å². The molecule has 0 spiro atoms. The molecule has 0 amide bonds. The van der Waals surface area contributed by atoms with Crippen LogP contribution >= 0.6 is 35.3 Å². The predicted octanol–water partition coefficient (Wildman–Crippen LogP) is 1.01. The average Bonchev–Trinajstić information content (AvgIpc) is 3.06. The number of aliphatic imine (C=N–C) groups is 1. The molecular weight excluding hydrogens is 417 g/mol. The van der Waals surface area contributed by atoms with E-state index in [-0.39, 0.29) is 35.9 Å². The van der Waals surface area contributed by atoms with Crippen molar-refractivity contribution in [1.82, 2.24) is 9.88 Å².